The predicted molar refractivity (Wildman–Crippen MR) is 115 cm³/mol. The smallest absolute Gasteiger partial charge is 0.186 e. The van der Waals surface area contributed by atoms with Crippen molar-refractivity contribution in [3.63, 3.8) is 0 Å². The minimum atomic E-state index is -2.97. The van der Waals surface area contributed by atoms with Gasteiger partial charge in [-0.2, -0.15) is 0 Å². The van der Waals surface area contributed by atoms with Gasteiger partial charge in [0.05, 0.1) is 31.8 Å². The molecular formula is C22H27IN3OP. The fraction of sp³-hybridized carbons (Fsp3) is 0.227. The summed E-state index contributed by atoms with van der Waals surface area (Å²) in [6.45, 7) is 3.01. The van der Waals surface area contributed by atoms with Crippen LogP contribution < -0.4 is 40.0 Å². The van der Waals surface area contributed by atoms with Gasteiger partial charge in [0.2, 0.25) is 0 Å². The van der Waals surface area contributed by atoms with E-state index in [2.05, 4.69) is 26.1 Å². The van der Waals surface area contributed by atoms with Crippen molar-refractivity contribution in [2.75, 3.05) is 20.6 Å². The van der Waals surface area contributed by atoms with Crippen LogP contribution in [0, 0.1) is 0 Å². The molecule has 2 aromatic carbocycles. The molecule has 148 valence electrons. The maximum absolute atomic E-state index is 14.4. The molecule has 0 spiro atoms. The van der Waals surface area contributed by atoms with Gasteiger partial charge in [-0.05, 0) is 19.1 Å². The maximum Gasteiger partial charge on any atom is 0.186 e. The van der Waals surface area contributed by atoms with Crippen LogP contribution in [0.4, 0.5) is 0 Å². The molecule has 1 heterocycles. The number of benzene rings is 2. The zero-order chi connectivity index (χ0) is 19.5. The molecule has 6 heteroatoms. The van der Waals surface area contributed by atoms with Gasteiger partial charge in [0, 0.05) is 17.7 Å². The second-order valence-corrected chi connectivity index (χ2v) is 9.85. The molecule has 4 nitrogen and oxygen atoms in total. The highest BCUT2D eigenvalue weighted by molar-refractivity contribution is 7.85. The van der Waals surface area contributed by atoms with Crippen molar-refractivity contribution in [2.24, 2.45) is 12.1 Å². The Balaban J connectivity index is 0.00000280. The van der Waals surface area contributed by atoms with E-state index in [0.717, 1.165) is 28.3 Å². The first-order valence-electron chi connectivity index (χ1n) is 9.14. The van der Waals surface area contributed by atoms with E-state index < -0.39 is 7.14 Å². The van der Waals surface area contributed by atoms with Crippen LogP contribution >= 0.6 is 7.14 Å². The first kappa shape index (κ1) is 22.6. The van der Waals surface area contributed by atoms with E-state index in [1.807, 2.05) is 90.6 Å². The highest BCUT2D eigenvalue weighted by Crippen LogP contribution is 2.42. The molecular weight excluding hydrogens is 480 g/mol. The highest BCUT2D eigenvalue weighted by atomic mass is 127. The topological polar surface area (TPSA) is 34.4 Å². The number of aromatic nitrogens is 1. The Morgan fingerprint density at radius 3 is 1.89 bits per heavy atom. The Bertz CT molecular complexity index is 938. The van der Waals surface area contributed by atoms with Crippen molar-refractivity contribution in [1.29, 1.82) is 0 Å². The van der Waals surface area contributed by atoms with Crippen LogP contribution in [0.1, 0.15) is 12.6 Å². The van der Waals surface area contributed by atoms with E-state index in [4.69, 9.17) is 0 Å². The highest BCUT2D eigenvalue weighted by Gasteiger charge is 2.32. The summed E-state index contributed by atoms with van der Waals surface area (Å²) >= 11 is 0. The standard InChI is InChI=1S/C22H27N3OP.HI/c1-5-25(3,4)23-18-19-16-17-22(24(19)2)27(26,20-12-8-6-9-13-20)21-14-10-7-11-15-21;/h6-18H,5H2,1-4H3;1H/q+1;/p-1/b23-18+;. The third-order valence-corrected chi connectivity index (χ3v) is 8.12. The van der Waals surface area contributed by atoms with E-state index in [1.54, 1.807) is 0 Å². The van der Waals surface area contributed by atoms with Crippen LogP contribution in [-0.2, 0) is 11.6 Å². The summed E-state index contributed by atoms with van der Waals surface area (Å²) in [7, 11) is 3.10. The number of hydrogen-bond acceptors (Lipinski definition) is 2. The average molecular weight is 507 g/mol. The van der Waals surface area contributed by atoms with Gasteiger partial charge in [0.25, 0.3) is 0 Å². The van der Waals surface area contributed by atoms with Gasteiger partial charge in [0.15, 0.2) is 7.14 Å². The SMILES string of the molecule is CC[N+](C)(C)/N=C/c1ccc(P(=O)(c2ccccc2)c2ccccc2)n1C.[I-]. The summed E-state index contributed by atoms with van der Waals surface area (Å²) in [5.74, 6) is 0. The van der Waals surface area contributed by atoms with E-state index in [9.17, 15) is 4.57 Å². The first-order valence-corrected chi connectivity index (χ1v) is 10.9. The summed E-state index contributed by atoms with van der Waals surface area (Å²) in [4.78, 5) is 0. The zero-order valence-corrected chi connectivity index (χ0v) is 19.8. The molecule has 0 aliphatic heterocycles. The van der Waals surface area contributed by atoms with Crippen LogP contribution in [0.3, 0.4) is 0 Å². The summed E-state index contributed by atoms with van der Waals surface area (Å²) in [6, 6.07) is 23.4. The van der Waals surface area contributed by atoms with Crippen LogP contribution in [0.2, 0.25) is 0 Å². The van der Waals surface area contributed by atoms with Crippen LogP contribution in [0.15, 0.2) is 77.9 Å². The molecule has 0 aliphatic rings. The molecule has 0 atom stereocenters. The predicted octanol–water partition coefficient (Wildman–Crippen LogP) is 0.0987. The molecule has 0 aliphatic carbocycles. The zero-order valence-electron chi connectivity index (χ0n) is 16.8. The monoisotopic (exact) mass is 507 g/mol. The molecule has 0 amide bonds. The number of nitrogens with zero attached hydrogens (tertiary/aromatic N) is 3. The molecule has 0 saturated carbocycles. The van der Waals surface area contributed by atoms with Gasteiger partial charge in [-0.1, -0.05) is 65.8 Å². The lowest BCUT2D eigenvalue weighted by atomic mass is 10.4. The van der Waals surface area contributed by atoms with Gasteiger partial charge in [-0.15, -0.1) is 0 Å². The van der Waals surface area contributed by atoms with Crippen molar-refractivity contribution in [1.82, 2.24) is 4.57 Å². The molecule has 0 fully saturated rings. The summed E-state index contributed by atoms with van der Waals surface area (Å²) in [5.41, 5.74) is 1.75. The molecule has 3 aromatic rings. The lowest BCUT2D eigenvalue weighted by Gasteiger charge is -2.21. The third-order valence-electron chi connectivity index (χ3n) is 4.97. The fourth-order valence-electron chi connectivity index (χ4n) is 2.95. The molecule has 0 unspecified atom stereocenters. The molecule has 0 radical (unpaired) electrons. The van der Waals surface area contributed by atoms with Gasteiger partial charge >= 0.3 is 0 Å². The van der Waals surface area contributed by atoms with E-state index in [0.29, 0.717) is 4.59 Å². The molecule has 0 saturated heterocycles. The molecule has 3 rings (SSSR count). The van der Waals surface area contributed by atoms with Gasteiger partial charge < -0.3 is 33.1 Å². The van der Waals surface area contributed by atoms with E-state index in [-0.39, 0.29) is 24.0 Å². The lowest BCUT2D eigenvalue weighted by Crippen LogP contribution is -3.00. The van der Waals surface area contributed by atoms with Crippen molar-refractivity contribution in [2.45, 2.75) is 6.92 Å². The Morgan fingerprint density at radius 1 is 0.929 bits per heavy atom. The van der Waals surface area contributed by atoms with Crippen molar-refractivity contribution >= 4 is 29.4 Å². The Labute approximate surface area is 184 Å². The summed E-state index contributed by atoms with van der Waals surface area (Å²) in [5, 5.41) is 6.33. The minimum absolute atomic E-state index is 0. The Morgan fingerprint density at radius 2 is 1.43 bits per heavy atom. The fourth-order valence-corrected chi connectivity index (χ4v) is 5.78. The Hall–Kier alpha value is -1.69. The molecule has 0 bridgehead atoms. The van der Waals surface area contributed by atoms with Gasteiger partial charge in [-0.25, -0.2) is 4.59 Å². The van der Waals surface area contributed by atoms with Gasteiger partial charge in [-0.3, -0.25) is 0 Å². The number of rotatable bonds is 6. The van der Waals surface area contributed by atoms with Crippen molar-refractivity contribution < 1.29 is 33.1 Å². The number of hydrogen-bond donors (Lipinski definition) is 0. The second-order valence-electron chi connectivity index (χ2n) is 7.14. The second kappa shape index (κ2) is 9.21. The average Bonchev–Trinajstić information content (AvgIpc) is 3.08. The third kappa shape index (κ3) is 4.48. The molecule has 28 heavy (non-hydrogen) atoms. The molecule has 0 N–H and O–H groups in total. The summed E-state index contributed by atoms with van der Waals surface area (Å²) < 4.78 is 17.0. The van der Waals surface area contributed by atoms with Gasteiger partial charge in [0.1, 0.15) is 6.21 Å². The van der Waals surface area contributed by atoms with Crippen LogP contribution in [0.25, 0.3) is 0 Å². The van der Waals surface area contributed by atoms with Crippen LogP contribution in [-0.4, -0.2) is 36.0 Å². The largest absolute Gasteiger partial charge is 1.00 e. The Kier molecular flexibility index (Phi) is 7.43. The number of halogens is 1. The first-order chi connectivity index (χ1) is 12.9. The van der Waals surface area contributed by atoms with Crippen molar-refractivity contribution in [3.05, 3.63) is 78.5 Å². The quantitative estimate of drug-likeness (QED) is 0.153. The normalized spacial score (nSPS) is 12.1. The van der Waals surface area contributed by atoms with Crippen molar-refractivity contribution in [3.8, 4) is 0 Å². The minimum Gasteiger partial charge on any atom is -1.00 e. The summed E-state index contributed by atoms with van der Waals surface area (Å²) in [6.07, 6.45) is 1.87. The van der Waals surface area contributed by atoms with Crippen LogP contribution in [0.5, 0.6) is 0 Å². The van der Waals surface area contributed by atoms with E-state index in [1.165, 1.54) is 0 Å². The van der Waals surface area contributed by atoms with E-state index >= 15 is 0 Å². The maximum atomic E-state index is 14.4. The molecule has 1 aromatic heterocycles. The lowest BCUT2D eigenvalue weighted by molar-refractivity contribution is -0.894. The number of quaternary nitrogens is 1.